The van der Waals surface area contributed by atoms with Crippen molar-refractivity contribution in [1.82, 2.24) is 14.7 Å². The third-order valence-corrected chi connectivity index (χ3v) is 6.86. The Hall–Kier alpha value is -2.25. The summed E-state index contributed by atoms with van der Waals surface area (Å²) in [7, 11) is 0. The summed E-state index contributed by atoms with van der Waals surface area (Å²) in [5.74, 6) is 1.57. The van der Waals surface area contributed by atoms with Crippen molar-refractivity contribution in [2.45, 2.75) is 45.4 Å². The van der Waals surface area contributed by atoms with E-state index in [1.54, 1.807) is 17.1 Å². The van der Waals surface area contributed by atoms with Gasteiger partial charge < -0.3 is 14.6 Å². The van der Waals surface area contributed by atoms with Gasteiger partial charge in [-0.15, -0.1) is 0 Å². The first-order valence-electron chi connectivity index (χ1n) is 11.5. The standard InChI is InChI=1S/C26H31Cl2N3O3/c1-19-12-24(13-20(2)25(19)28)34-18-26(32)8-3-9-30(17-26)15-21-4-6-23(7-5-21)33-11-10-31-16-22(27)14-29-31/h4-7,12-14,16,32H,3,8-11,15,17-18H2,1-2H3/t26-/m1/s1. The van der Waals surface area contributed by atoms with Crippen LogP contribution < -0.4 is 9.47 Å². The molecule has 0 aliphatic carbocycles. The van der Waals surface area contributed by atoms with Crippen LogP contribution in [0.3, 0.4) is 0 Å². The van der Waals surface area contributed by atoms with E-state index >= 15 is 0 Å². The van der Waals surface area contributed by atoms with Crippen molar-refractivity contribution in [3.8, 4) is 11.5 Å². The molecule has 2 heterocycles. The lowest BCUT2D eigenvalue weighted by atomic mass is 9.93. The number of rotatable bonds is 9. The molecule has 4 rings (SSSR count). The van der Waals surface area contributed by atoms with E-state index in [-0.39, 0.29) is 6.61 Å². The van der Waals surface area contributed by atoms with Crippen molar-refractivity contribution in [2.75, 3.05) is 26.3 Å². The molecule has 182 valence electrons. The SMILES string of the molecule is Cc1cc(OC[C@@]2(O)CCCN(Cc3ccc(OCCn4cc(Cl)cn4)cc3)C2)cc(C)c1Cl. The van der Waals surface area contributed by atoms with Crippen LogP contribution in [0.4, 0.5) is 0 Å². The van der Waals surface area contributed by atoms with E-state index < -0.39 is 5.60 Å². The molecule has 1 aliphatic heterocycles. The molecule has 1 atom stereocenters. The van der Waals surface area contributed by atoms with E-state index in [9.17, 15) is 5.11 Å². The highest BCUT2D eigenvalue weighted by molar-refractivity contribution is 6.32. The van der Waals surface area contributed by atoms with E-state index in [4.69, 9.17) is 32.7 Å². The van der Waals surface area contributed by atoms with Crippen LogP contribution in [0, 0.1) is 13.8 Å². The summed E-state index contributed by atoms with van der Waals surface area (Å²) < 4.78 is 13.6. The molecule has 1 saturated heterocycles. The molecular formula is C26H31Cl2N3O3. The number of aromatic nitrogens is 2. The zero-order chi connectivity index (χ0) is 24.1. The average molecular weight is 504 g/mol. The van der Waals surface area contributed by atoms with Gasteiger partial charge in [-0.3, -0.25) is 9.58 Å². The number of β-amino-alcohol motifs (C(OH)–C–C–N with tert-alkyl or cyclic N) is 1. The highest BCUT2D eigenvalue weighted by atomic mass is 35.5. The first-order chi connectivity index (χ1) is 16.3. The number of halogens is 2. The average Bonchev–Trinajstić information content (AvgIpc) is 3.22. The number of aryl methyl sites for hydroxylation is 2. The first kappa shape index (κ1) is 24.9. The van der Waals surface area contributed by atoms with Gasteiger partial charge in [-0.2, -0.15) is 5.10 Å². The molecule has 2 aromatic carbocycles. The van der Waals surface area contributed by atoms with Crippen LogP contribution in [0.25, 0.3) is 0 Å². The van der Waals surface area contributed by atoms with Crippen LogP contribution >= 0.6 is 23.2 Å². The molecule has 1 aliphatic rings. The molecule has 1 N–H and O–H groups in total. The summed E-state index contributed by atoms with van der Waals surface area (Å²) in [6, 6.07) is 12.0. The van der Waals surface area contributed by atoms with Crippen molar-refractivity contribution in [2.24, 2.45) is 0 Å². The molecule has 6 nitrogen and oxygen atoms in total. The van der Waals surface area contributed by atoms with Gasteiger partial charge in [0.05, 0.1) is 17.8 Å². The minimum Gasteiger partial charge on any atom is -0.492 e. The Morgan fingerprint density at radius 3 is 2.47 bits per heavy atom. The number of likely N-dealkylation sites (tertiary alicyclic amines) is 1. The summed E-state index contributed by atoms with van der Waals surface area (Å²) in [5, 5.41) is 16.7. The van der Waals surface area contributed by atoms with Crippen molar-refractivity contribution < 1.29 is 14.6 Å². The molecule has 0 spiro atoms. The lowest BCUT2D eigenvalue weighted by molar-refractivity contribution is -0.0621. The fourth-order valence-corrected chi connectivity index (χ4v) is 4.60. The highest BCUT2D eigenvalue weighted by Crippen LogP contribution is 2.28. The fourth-order valence-electron chi connectivity index (χ4n) is 4.33. The second-order valence-electron chi connectivity index (χ2n) is 9.11. The molecule has 1 aromatic heterocycles. The molecule has 1 fully saturated rings. The highest BCUT2D eigenvalue weighted by Gasteiger charge is 2.34. The Morgan fingerprint density at radius 1 is 1.06 bits per heavy atom. The van der Waals surface area contributed by atoms with Crippen LogP contribution in [0.5, 0.6) is 11.5 Å². The van der Waals surface area contributed by atoms with Gasteiger partial charge in [0.15, 0.2) is 0 Å². The van der Waals surface area contributed by atoms with Crippen molar-refractivity contribution in [3.05, 3.63) is 75.5 Å². The van der Waals surface area contributed by atoms with E-state index in [2.05, 4.69) is 22.1 Å². The molecule has 0 unspecified atom stereocenters. The molecule has 0 amide bonds. The lowest BCUT2D eigenvalue weighted by Crippen LogP contribution is -2.51. The van der Waals surface area contributed by atoms with Gasteiger partial charge in [0.2, 0.25) is 0 Å². The molecule has 0 radical (unpaired) electrons. The number of hydrogen-bond acceptors (Lipinski definition) is 5. The van der Waals surface area contributed by atoms with Crippen molar-refractivity contribution >= 4 is 23.2 Å². The molecule has 0 bridgehead atoms. The predicted octanol–water partition coefficient (Wildman–Crippen LogP) is 5.29. The van der Waals surface area contributed by atoms with E-state index in [1.807, 2.05) is 38.1 Å². The third kappa shape index (κ3) is 6.66. The van der Waals surface area contributed by atoms with Crippen LogP contribution in [-0.4, -0.2) is 51.7 Å². The van der Waals surface area contributed by atoms with Crippen LogP contribution in [0.2, 0.25) is 10.0 Å². The summed E-state index contributed by atoms with van der Waals surface area (Å²) in [5.41, 5.74) is 2.26. The monoisotopic (exact) mass is 503 g/mol. The van der Waals surface area contributed by atoms with Gasteiger partial charge in [-0.05, 0) is 74.2 Å². The maximum absolute atomic E-state index is 11.2. The summed E-state index contributed by atoms with van der Waals surface area (Å²) >= 11 is 12.1. The molecular weight excluding hydrogens is 473 g/mol. The zero-order valence-electron chi connectivity index (χ0n) is 19.6. The van der Waals surface area contributed by atoms with Crippen LogP contribution in [-0.2, 0) is 13.1 Å². The normalized spacial score (nSPS) is 18.7. The molecule has 0 saturated carbocycles. The van der Waals surface area contributed by atoms with Gasteiger partial charge in [0.25, 0.3) is 0 Å². The topological polar surface area (TPSA) is 59.8 Å². The number of ether oxygens (including phenoxy) is 2. The Kier molecular flexibility index (Phi) is 8.04. The largest absolute Gasteiger partial charge is 0.492 e. The van der Waals surface area contributed by atoms with E-state index in [0.29, 0.717) is 24.7 Å². The smallest absolute Gasteiger partial charge is 0.120 e. The summed E-state index contributed by atoms with van der Waals surface area (Å²) in [6.07, 6.45) is 5.04. The molecule has 34 heavy (non-hydrogen) atoms. The van der Waals surface area contributed by atoms with E-state index in [0.717, 1.165) is 53.6 Å². The van der Waals surface area contributed by atoms with Gasteiger partial charge in [0.1, 0.15) is 30.3 Å². The quantitative estimate of drug-likeness (QED) is 0.429. The van der Waals surface area contributed by atoms with E-state index in [1.165, 1.54) is 5.56 Å². The van der Waals surface area contributed by atoms with Gasteiger partial charge >= 0.3 is 0 Å². The Morgan fingerprint density at radius 2 is 1.79 bits per heavy atom. The molecule has 8 heteroatoms. The Bertz CT molecular complexity index is 1080. The van der Waals surface area contributed by atoms with Crippen LogP contribution in [0.15, 0.2) is 48.8 Å². The minimum absolute atomic E-state index is 0.262. The number of aliphatic hydroxyl groups is 1. The maximum atomic E-state index is 11.2. The molecule has 3 aromatic rings. The lowest BCUT2D eigenvalue weighted by Gasteiger charge is -2.39. The Labute approximate surface area is 211 Å². The van der Waals surface area contributed by atoms with Gasteiger partial charge in [-0.25, -0.2) is 0 Å². The van der Waals surface area contributed by atoms with Gasteiger partial charge in [-0.1, -0.05) is 35.3 Å². The maximum Gasteiger partial charge on any atom is 0.120 e. The zero-order valence-corrected chi connectivity index (χ0v) is 21.1. The summed E-state index contributed by atoms with van der Waals surface area (Å²) in [4.78, 5) is 2.28. The van der Waals surface area contributed by atoms with Crippen LogP contribution in [0.1, 0.15) is 29.5 Å². The fraction of sp³-hybridized carbons (Fsp3) is 0.423. The Balaban J connectivity index is 1.26. The van der Waals surface area contributed by atoms with Crippen molar-refractivity contribution in [1.29, 1.82) is 0 Å². The minimum atomic E-state index is -0.877. The van der Waals surface area contributed by atoms with Gasteiger partial charge in [0, 0.05) is 24.3 Å². The first-order valence-corrected chi connectivity index (χ1v) is 12.3. The van der Waals surface area contributed by atoms with Crippen molar-refractivity contribution in [3.63, 3.8) is 0 Å². The number of benzene rings is 2. The third-order valence-electron chi connectivity index (χ3n) is 6.07. The predicted molar refractivity (Wildman–Crippen MR) is 135 cm³/mol. The second kappa shape index (κ2) is 11.0. The number of hydrogen-bond donors (Lipinski definition) is 1. The summed E-state index contributed by atoms with van der Waals surface area (Å²) in [6.45, 7) is 7.64. The number of nitrogens with zero attached hydrogens (tertiary/aromatic N) is 3. The second-order valence-corrected chi connectivity index (χ2v) is 9.93. The number of piperidine rings is 1.